The Morgan fingerprint density at radius 3 is 2.66 bits per heavy atom. The lowest BCUT2D eigenvalue weighted by Crippen LogP contribution is -2.27. The molecule has 0 fully saturated rings. The van der Waals surface area contributed by atoms with Crippen LogP contribution in [0.3, 0.4) is 0 Å². The van der Waals surface area contributed by atoms with E-state index in [4.69, 9.17) is 4.74 Å². The van der Waals surface area contributed by atoms with Gasteiger partial charge in [0.2, 0.25) is 0 Å². The van der Waals surface area contributed by atoms with E-state index in [1.54, 1.807) is 44.0 Å². The van der Waals surface area contributed by atoms with Gasteiger partial charge in [0.05, 0.1) is 18.7 Å². The van der Waals surface area contributed by atoms with E-state index in [0.29, 0.717) is 11.2 Å². The monoisotopic (exact) mass is 384 g/mol. The molecule has 4 aromatic rings. The third kappa shape index (κ3) is 3.78. The van der Waals surface area contributed by atoms with Crippen LogP contribution in [-0.2, 0) is 0 Å². The van der Waals surface area contributed by atoms with Crippen molar-refractivity contribution in [1.29, 1.82) is 0 Å². The van der Waals surface area contributed by atoms with Crippen molar-refractivity contribution in [2.45, 2.75) is 13.0 Å². The fourth-order valence-electron chi connectivity index (χ4n) is 3.32. The zero-order valence-corrected chi connectivity index (χ0v) is 16.2. The molecule has 6 nitrogen and oxygen atoms in total. The van der Waals surface area contributed by atoms with Gasteiger partial charge in [-0.05, 0) is 36.8 Å². The van der Waals surface area contributed by atoms with E-state index in [1.807, 2.05) is 43.3 Å². The van der Waals surface area contributed by atoms with Crippen LogP contribution in [0, 0.1) is 0 Å². The lowest BCUT2D eigenvalue weighted by atomic mass is 10.0. The molecule has 144 valence electrons. The number of carbonyl (C=O) groups is 1. The molecule has 3 heterocycles. The average Bonchev–Trinajstić information content (AvgIpc) is 2.78. The van der Waals surface area contributed by atoms with E-state index >= 15 is 0 Å². The highest BCUT2D eigenvalue weighted by atomic mass is 16.5. The maximum Gasteiger partial charge on any atom is 0.270 e. The van der Waals surface area contributed by atoms with Gasteiger partial charge in [0, 0.05) is 41.3 Å². The Kier molecular flexibility index (Phi) is 5.16. The van der Waals surface area contributed by atoms with E-state index in [2.05, 4.69) is 20.3 Å². The Hall–Kier alpha value is -3.80. The molecule has 0 unspecified atom stereocenters. The fourth-order valence-corrected chi connectivity index (χ4v) is 3.32. The molecule has 0 bridgehead atoms. The molecule has 1 atom stereocenters. The number of pyridine rings is 3. The smallest absolute Gasteiger partial charge is 0.270 e. The van der Waals surface area contributed by atoms with E-state index in [0.717, 1.165) is 27.8 Å². The van der Waals surface area contributed by atoms with Crippen LogP contribution >= 0.6 is 0 Å². The van der Waals surface area contributed by atoms with Gasteiger partial charge >= 0.3 is 0 Å². The van der Waals surface area contributed by atoms with Gasteiger partial charge in [0.25, 0.3) is 5.91 Å². The number of ether oxygens (including phenoxy) is 1. The number of nitrogens with zero attached hydrogens (tertiary/aromatic N) is 3. The highest BCUT2D eigenvalue weighted by molar-refractivity contribution is 6.01. The summed E-state index contributed by atoms with van der Waals surface area (Å²) in [7, 11) is 1.62. The number of hydrogen-bond donors (Lipinski definition) is 1. The molecule has 1 amide bonds. The minimum atomic E-state index is -0.257. The standard InChI is InChI=1S/C23H20N4O2/c1-15(17-7-3-4-8-22(17)29-2)26-23(28)21-12-18(16-6-5-10-24-13-16)19-14-25-11-9-20(19)27-21/h3-15H,1-2H3,(H,26,28)/t15-/m1/s1. The van der Waals surface area contributed by atoms with Crippen LogP contribution in [0.1, 0.15) is 29.0 Å². The molecular formula is C23H20N4O2. The van der Waals surface area contributed by atoms with Gasteiger partial charge in [-0.2, -0.15) is 0 Å². The summed E-state index contributed by atoms with van der Waals surface area (Å²) in [5.41, 5.74) is 3.72. The van der Waals surface area contributed by atoms with E-state index in [1.165, 1.54) is 0 Å². The molecule has 0 aliphatic rings. The van der Waals surface area contributed by atoms with Crippen molar-refractivity contribution in [2.75, 3.05) is 7.11 Å². The molecule has 1 N–H and O–H groups in total. The summed E-state index contributed by atoms with van der Waals surface area (Å²) in [6.45, 7) is 1.92. The second kappa shape index (κ2) is 8.06. The maximum absolute atomic E-state index is 13.0. The first-order valence-corrected chi connectivity index (χ1v) is 9.26. The molecular weight excluding hydrogens is 364 g/mol. The van der Waals surface area contributed by atoms with Crippen molar-refractivity contribution in [3.8, 4) is 16.9 Å². The first kappa shape index (κ1) is 18.6. The second-order valence-corrected chi connectivity index (χ2v) is 6.63. The van der Waals surface area contributed by atoms with Gasteiger partial charge in [-0.3, -0.25) is 14.8 Å². The molecule has 0 aliphatic carbocycles. The Morgan fingerprint density at radius 1 is 1.03 bits per heavy atom. The maximum atomic E-state index is 13.0. The lowest BCUT2D eigenvalue weighted by Gasteiger charge is -2.17. The van der Waals surface area contributed by atoms with Crippen LogP contribution in [0.5, 0.6) is 5.75 Å². The van der Waals surface area contributed by atoms with Crippen molar-refractivity contribution >= 4 is 16.8 Å². The Bertz CT molecular complexity index is 1160. The van der Waals surface area contributed by atoms with E-state index < -0.39 is 0 Å². The van der Waals surface area contributed by atoms with Crippen molar-refractivity contribution in [3.05, 3.63) is 84.6 Å². The van der Waals surface area contributed by atoms with Crippen LogP contribution in [0.25, 0.3) is 22.0 Å². The average molecular weight is 384 g/mol. The predicted molar refractivity (Wildman–Crippen MR) is 112 cm³/mol. The summed E-state index contributed by atoms with van der Waals surface area (Å²) in [5, 5.41) is 3.89. The Morgan fingerprint density at radius 2 is 1.86 bits per heavy atom. The van der Waals surface area contributed by atoms with E-state index in [9.17, 15) is 4.79 Å². The number of rotatable bonds is 5. The molecule has 0 aliphatic heterocycles. The van der Waals surface area contributed by atoms with Crippen LogP contribution < -0.4 is 10.1 Å². The van der Waals surface area contributed by atoms with Crippen molar-refractivity contribution in [2.24, 2.45) is 0 Å². The number of aromatic nitrogens is 3. The summed E-state index contributed by atoms with van der Waals surface area (Å²) >= 11 is 0. The van der Waals surface area contributed by atoms with Gasteiger partial charge in [0.15, 0.2) is 0 Å². The quantitative estimate of drug-likeness (QED) is 0.558. The summed E-state index contributed by atoms with van der Waals surface area (Å²) in [6.07, 6.45) is 6.90. The topological polar surface area (TPSA) is 77.0 Å². The third-order valence-corrected chi connectivity index (χ3v) is 4.77. The summed E-state index contributed by atoms with van der Waals surface area (Å²) in [4.78, 5) is 26.0. The van der Waals surface area contributed by atoms with Gasteiger partial charge < -0.3 is 10.1 Å². The van der Waals surface area contributed by atoms with Crippen LogP contribution in [0.4, 0.5) is 0 Å². The molecule has 1 aromatic carbocycles. The van der Waals surface area contributed by atoms with Crippen LogP contribution in [0.2, 0.25) is 0 Å². The Labute approximate surface area is 168 Å². The van der Waals surface area contributed by atoms with E-state index in [-0.39, 0.29) is 11.9 Å². The number of methoxy groups -OCH3 is 1. The molecule has 6 heteroatoms. The molecule has 3 aromatic heterocycles. The highest BCUT2D eigenvalue weighted by Crippen LogP contribution is 2.28. The Balaban J connectivity index is 1.71. The first-order chi connectivity index (χ1) is 14.2. The number of hydrogen-bond acceptors (Lipinski definition) is 5. The zero-order chi connectivity index (χ0) is 20.2. The van der Waals surface area contributed by atoms with Crippen molar-refractivity contribution in [3.63, 3.8) is 0 Å². The first-order valence-electron chi connectivity index (χ1n) is 9.26. The zero-order valence-electron chi connectivity index (χ0n) is 16.2. The van der Waals surface area contributed by atoms with Gasteiger partial charge in [-0.1, -0.05) is 24.3 Å². The molecule has 4 rings (SSSR count). The van der Waals surface area contributed by atoms with Crippen molar-refractivity contribution < 1.29 is 9.53 Å². The van der Waals surface area contributed by atoms with Gasteiger partial charge in [0.1, 0.15) is 11.4 Å². The largest absolute Gasteiger partial charge is 0.496 e. The number of fused-ring (bicyclic) bond motifs is 1. The number of benzene rings is 1. The van der Waals surface area contributed by atoms with Gasteiger partial charge in [-0.25, -0.2) is 4.98 Å². The molecule has 0 saturated heterocycles. The third-order valence-electron chi connectivity index (χ3n) is 4.77. The number of para-hydroxylation sites is 1. The SMILES string of the molecule is COc1ccccc1[C@@H](C)NC(=O)c1cc(-c2cccnc2)c2cnccc2n1. The fraction of sp³-hybridized carbons (Fsp3) is 0.130. The summed E-state index contributed by atoms with van der Waals surface area (Å²) < 4.78 is 5.41. The highest BCUT2D eigenvalue weighted by Gasteiger charge is 2.18. The lowest BCUT2D eigenvalue weighted by molar-refractivity contribution is 0.0935. The normalized spacial score (nSPS) is 11.8. The molecule has 29 heavy (non-hydrogen) atoms. The summed E-state index contributed by atoms with van der Waals surface area (Å²) in [6, 6.07) is 14.8. The van der Waals surface area contributed by atoms with Crippen LogP contribution in [0.15, 0.2) is 73.3 Å². The number of amides is 1. The van der Waals surface area contributed by atoms with Crippen molar-refractivity contribution in [1.82, 2.24) is 20.3 Å². The molecule has 0 spiro atoms. The number of carbonyl (C=O) groups excluding carboxylic acids is 1. The molecule has 0 radical (unpaired) electrons. The van der Waals surface area contributed by atoms with Crippen LogP contribution in [-0.4, -0.2) is 28.0 Å². The minimum absolute atomic E-state index is 0.240. The second-order valence-electron chi connectivity index (χ2n) is 6.63. The van der Waals surface area contributed by atoms with Gasteiger partial charge in [-0.15, -0.1) is 0 Å². The summed E-state index contributed by atoms with van der Waals surface area (Å²) in [5.74, 6) is 0.473. The number of nitrogens with one attached hydrogen (secondary N) is 1. The molecule has 0 saturated carbocycles. The predicted octanol–water partition coefficient (Wildman–Crippen LogP) is 4.19. The minimum Gasteiger partial charge on any atom is -0.496 e.